The molecule has 1 N–H and O–H groups in total. The number of nitrogens with one attached hydrogen (secondary N) is 1. The molecule has 1 fully saturated rings. The van der Waals surface area contributed by atoms with Crippen molar-refractivity contribution in [3.8, 4) is 0 Å². The summed E-state index contributed by atoms with van der Waals surface area (Å²) in [6.45, 7) is 5.43. The van der Waals surface area contributed by atoms with Crippen LogP contribution in [0.1, 0.15) is 12.0 Å². The van der Waals surface area contributed by atoms with Crippen molar-refractivity contribution in [1.29, 1.82) is 0 Å². The zero-order valence-electron chi connectivity index (χ0n) is 16.4. The summed E-state index contributed by atoms with van der Waals surface area (Å²) >= 11 is 0. The molecule has 29 heavy (non-hydrogen) atoms. The second-order valence-electron chi connectivity index (χ2n) is 7.25. The number of carbonyl (C=O) groups is 1. The highest BCUT2D eigenvalue weighted by Gasteiger charge is 2.17. The molecule has 0 bridgehead atoms. The van der Waals surface area contributed by atoms with E-state index >= 15 is 0 Å². The standard InChI is InChI=1S/C22H26N6O/c29-22(25-20-8-6-19(7-9-20)16-28-18-23-17-24-28)10-11-26-12-14-27(15-13-26)21-4-2-1-3-5-21/h1-9,17-18H,10-16H2,(H,25,29). The van der Waals surface area contributed by atoms with Gasteiger partial charge in [0.1, 0.15) is 12.7 Å². The Bertz CT molecular complexity index is 887. The minimum absolute atomic E-state index is 0.0551. The predicted octanol–water partition coefficient (Wildman–Crippen LogP) is 2.48. The zero-order valence-corrected chi connectivity index (χ0v) is 16.4. The summed E-state index contributed by atoms with van der Waals surface area (Å²) in [6, 6.07) is 18.4. The molecule has 0 atom stereocenters. The van der Waals surface area contributed by atoms with Gasteiger partial charge in [0.15, 0.2) is 0 Å². The van der Waals surface area contributed by atoms with Gasteiger partial charge < -0.3 is 10.2 Å². The van der Waals surface area contributed by atoms with Crippen molar-refractivity contribution in [3.63, 3.8) is 0 Å². The lowest BCUT2D eigenvalue weighted by Crippen LogP contribution is -2.47. The number of nitrogens with zero attached hydrogens (tertiary/aromatic N) is 5. The zero-order chi connectivity index (χ0) is 19.9. The molecule has 3 aromatic rings. The molecule has 2 heterocycles. The number of amides is 1. The smallest absolute Gasteiger partial charge is 0.225 e. The number of piperazine rings is 1. The molecule has 2 aromatic carbocycles. The molecule has 7 nitrogen and oxygen atoms in total. The lowest BCUT2D eigenvalue weighted by atomic mass is 10.2. The third-order valence-corrected chi connectivity index (χ3v) is 5.20. The Kier molecular flexibility index (Phi) is 6.16. The van der Waals surface area contributed by atoms with Crippen molar-refractivity contribution in [2.45, 2.75) is 13.0 Å². The average Bonchev–Trinajstić information content (AvgIpc) is 3.28. The van der Waals surface area contributed by atoms with Crippen LogP contribution in [-0.4, -0.2) is 58.3 Å². The minimum atomic E-state index is 0.0551. The Labute approximate surface area is 171 Å². The quantitative estimate of drug-likeness (QED) is 0.671. The summed E-state index contributed by atoms with van der Waals surface area (Å²) < 4.78 is 1.77. The van der Waals surface area contributed by atoms with Crippen molar-refractivity contribution in [1.82, 2.24) is 19.7 Å². The maximum absolute atomic E-state index is 12.3. The molecular weight excluding hydrogens is 364 g/mol. The number of rotatable bonds is 7. The fourth-order valence-corrected chi connectivity index (χ4v) is 3.55. The number of carbonyl (C=O) groups excluding carboxylic acids is 1. The second kappa shape index (κ2) is 9.34. The van der Waals surface area contributed by atoms with E-state index in [1.54, 1.807) is 11.0 Å². The lowest BCUT2D eigenvalue weighted by molar-refractivity contribution is -0.116. The van der Waals surface area contributed by atoms with Gasteiger partial charge in [0.25, 0.3) is 0 Å². The van der Waals surface area contributed by atoms with E-state index < -0.39 is 0 Å². The molecule has 1 aliphatic heterocycles. The lowest BCUT2D eigenvalue weighted by Gasteiger charge is -2.36. The van der Waals surface area contributed by atoms with E-state index in [9.17, 15) is 4.79 Å². The van der Waals surface area contributed by atoms with Gasteiger partial charge in [-0.15, -0.1) is 0 Å². The fraction of sp³-hybridized carbons (Fsp3) is 0.318. The molecule has 7 heteroatoms. The summed E-state index contributed by atoms with van der Waals surface area (Å²) in [5, 5.41) is 7.09. The molecule has 0 saturated carbocycles. The van der Waals surface area contributed by atoms with Crippen LogP contribution in [0.25, 0.3) is 0 Å². The van der Waals surface area contributed by atoms with Gasteiger partial charge in [0, 0.05) is 50.5 Å². The van der Waals surface area contributed by atoms with Gasteiger partial charge in [-0.25, -0.2) is 9.67 Å². The van der Waals surface area contributed by atoms with Crippen LogP contribution < -0.4 is 10.2 Å². The van der Waals surface area contributed by atoms with E-state index in [1.165, 1.54) is 12.0 Å². The van der Waals surface area contributed by atoms with Crippen molar-refractivity contribution < 1.29 is 4.79 Å². The van der Waals surface area contributed by atoms with Gasteiger partial charge in [-0.05, 0) is 29.8 Å². The molecule has 0 radical (unpaired) electrons. The van der Waals surface area contributed by atoms with Crippen LogP contribution in [0.3, 0.4) is 0 Å². The molecule has 0 aliphatic carbocycles. The van der Waals surface area contributed by atoms with Gasteiger partial charge in [0.2, 0.25) is 5.91 Å². The Morgan fingerprint density at radius 1 is 0.966 bits per heavy atom. The number of benzene rings is 2. The number of hydrogen-bond donors (Lipinski definition) is 1. The van der Waals surface area contributed by atoms with Crippen LogP contribution in [-0.2, 0) is 11.3 Å². The van der Waals surface area contributed by atoms with Gasteiger partial charge in [0.05, 0.1) is 6.54 Å². The Morgan fingerprint density at radius 2 is 1.72 bits per heavy atom. The van der Waals surface area contributed by atoms with Crippen molar-refractivity contribution in [2.75, 3.05) is 42.9 Å². The molecule has 1 saturated heterocycles. The highest BCUT2D eigenvalue weighted by atomic mass is 16.1. The van der Waals surface area contributed by atoms with Crippen LogP contribution in [0, 0.1) is 0 Å². The van der Waals surface area contributed by atoms with Crippen LogP contribution in [0.15, 0.2) is 67.3 Å². The molecule has 0 unspecified atom stereocenters. The van der Waals surface area contributed by atoms with Crippen molar-refractivity contribution in [2.24, 2.45) is 0 Å². The topological polar surface area (TPSA) is 66.3 Å². The molecule has 1 amide bonds. The van der Waals surface area contributed by atoms with Gasteiger partial charge in [-0.2, -0.15) is 5.10 Å². The molecule has 1 aromatic heterocycles. The normalized spacial score (nSPS) is 14.7. The molecule has 4 rings (SSSR count). The third kappa shape index (κ3) is 5.42. The number of para-hydroxylation sites is 1. The largest absolute Gasteiger partial charge is 0.369 e. The van der Waals surface area contributed by atoms with Crippen LogP contribution >= 0.6 is 0 Å². The first-order valence-corrected chi connectivity index (χ1v) is 10.00. The number of aromatic nitrogens is 3. The van der Waals surface area contributed by atoms with Gasteiger partial charge in [-0.1, -0.05) is 30.3 Å². The monoisotopic (exact) mass is 390 g/mol. The minimum Gasteiger partial charge on any atom is -0.369 e. The van der Waals surface area contributed by atoms with Crippen molar-refractivity contribution in [3.05, 3.63) is 72.8 Å². The van der Waals surface area contributed by atoms with Gasteiger partial charge >= 0.3 is 0 Å². The van der Waals surface area contributed by atoms with Crippen molar-refractivity contribution >= 4 is 17.3 Å². The summed E-state index contributed by atoms with van der Waals surface area (Å²) in [5.74, 6) is 0.0551. The van der Waals surface area contributed by atoms with Gasteiger partial charge in [-0.3, -0.25) is 9.69 Å². The first-order chi connectivity index (χ1) is 14.3. The second-order valence-corrected chi connectivity index (χ2v) is 7.25. The van der Waals surface area contributed by atoms with Crippen LogP contribution in [0.5, 0.6) is 0 Å². The molecule has 150 valence electrons. The summed E-state index contributed by atoms with van der Waals surface area (Å²) in [5.41, 5.74) is 3.22. The maximum Gasteiger partial charge on any atom is 0.225 e. The number of anilines is 2. The van der Waals surface area contributed by atoms with Crippen LogP contribution in [0.4, 0.5) is 11.4 Å². The Hall–Kier alpha value is -3.19. The van der Waals surface area contributed by atoms with E-state index in [1.807, 2.05) is 30.3 Å². The first-order valence-electron chi connectivity index (χ1n) is 10.00. The highest BCUT2D eigenvalue weighted by Crippen LogP contribution is 2.16. The average molecular weight is 390 g/mol. The third-order valence-electron chi connectivity index (χ3n) is 5.20. The number of hydrogen-bond acceptors (Lipinski definition) is 5. The van der Waals surface area contributed by atoms with E-state index in [4.69, 9.17) is 0 Å². The highest BCUT2D eigenvalue weighted by molar-refractivity contribution is 5.90. The fourth-order valence-electron chi connectivity index (χ4n) is 3.55. The SMILES string of the molecule is O=C(CCN1CCN(c2ccccc2)CC1)Nc1ccc(Cn2cncn2)cc1. The van der Waals surface area contributed by atoms with E-state index in [2.05, 4.69) is 49.5 Å². The van der Waals surface area contributed by atoms with E-state index in [0.29, 0.717) is 13.0 Å². The maximum atomic E-state index is 12.3. The molecule has 1 aliphatic rings. The Morgan fingerprint density at radius 3 is 2.41 bits per heavy atom. The van der Waals surface area contributed by atoms with E-state index in [-0.39, 0.29) is 5.91 Å². The summed E-state index contributed by atoms with van der Waals surface area (Å²) in [7, 11) is 0. The predicted molar refractivity (Wildman–Crippen MR) is 114 cm³/mol. The summed E-state index contributed by atoms with van der Waals surface area (Å²) in [6.07, 6.45) is 3.72. The molecule has 0 spiro atoms. The first kappa shape index (κ1) is 19.1. The van der Waals surface area contributed by atoms with Crippen LogP contribution in [0.2, 0.25) is 0 Å². The Balaban J connectivity index is 1.18. The summed E-state index contributed by atoms with van der Waals surface area (Å²) in [4.78, 5) is 21.0. The molecular formula is C22H26N6O. The van der Waals surface area contributed by atoms with E-state index in [0.717, 1.165) is 44.0 Å².